The van der Waals surface area contributed by atoms with E-state index in [0.717, 1.165) is 28.1 Å². The zero-order chi connectivity index (χ0) is 21.3. The molecule has 158 valence electrons. The van der Waals surface area contributed by atoms with Gasteiger partial charge in [-0.2, -0.15) is 13.2 Å². The molecular weight excluding hydrogens is 417 g/mol. The van der Waals surface area contributed by atoms with E-state index in [-0.39, 0.29) is 11.7 Å². The molecule has 0 unspecified atom stereocenters. The summed E-state index contributed by atoms with van der Waals surface area (Å²) in [5.74, 6) is 0.353. The smallest absolute Gasteiger partial charge is 0.416 e. The van der Waals surface area contributed by atoms with Crippen molar-refractivity contribution in [1.82, 2.24) is 9.88 Å². The molecule has 0 saturated carbocycles. The molecule has 1 saturated heterocycles. The number of rotatable bonds is 4. The van der Waals surface area contributed by atoms with Crippen LogP contribution in [0.5, 0.6) is 10.9 Å². The average Bonchev–Trinajstić information content (AvgIpc) is 3.14. The lowest BCUT2D eigenvalue weighted by Crippen LogP contribution is -2.41. The number of fused-ring (bicyclic) bond motifs is 1. The minimum absolute atomic E-state index is 0.0457. The van der Waals surface area contributed by atoms with Gasteiger partial charge in [-0.15, -0.1) is 0 Å². The number of carbonyl (C=O) groups is 1. The molecule has 0 spiro atoms. The molecule has 0 bridgehead atoms. The monoisotopic (exact) mass is 436 g/mol. The van der Waals surface area contributed by atoms with Crippen LogP contribution in [0.2, 0.25) is 0 Å². The fourth-order valence-corrected chi connectivity index (χ4v) is 4.30. The van der Waals surface area contributed by atoms with E-state index in [1.54, 1.807) is 12.0 Å². The first-order valence-corrected chi connectivity index (χ1v) is 10.2. The van der Waals surface area contributed by atoms with Crippen LogP contribution in [0.3, 0.4) is 0 Å². The van der Waals surface area contributed by atoms with Crippen molar-refractivity contribution in [2.45, 2.75) is 25.1 Å². The quantitative estimate of drug-likeness (QED) is 0.577. The first-order valence-electron chi connectivity index (χ1n) is 9.41. The average molecular weight is 436 g/mol. The maximum atomic E-state index is 12.9. The predicted molar refractivity (Wildman–Crippen MR) is 107 cm³/mol. The van der Waals surface area contributed by atoms with Gasteiger partial charge in [0.2, 0.25) is 0 Å². The highest BCUT2D eigenvalue weighted by atomic mass is 32.1. The molecule has 1 amide bonds. The SMILES string of the molecule is COc1ccc2nc(OC3CCN(C(=O)c4cccc(C(F)(F)F)c4)CC3)sc2c1. The number of hydrogen-bond donors (Lipinski definition) is 0. The summed E-state index contributed by atoms with van der Waals surface area (Å²) in [6.07, 6.45) is -3.40. The van der Waals surface area contributed by atoms with Gasteiger partial charge in [0.15, 0.2) is 0 Å². The van der Waals surface area contributed by atoms with E-state index < -0.39 is 17.6 Å². The van der Waals surface area contributed by atoms with Crippen LogP contribution in [0.1, 0.15) is 28.8 Å². The molecular formula is C21H19F3N2O3S. The maximum absolute atomic E-state index is 12.9. The van der Waals surface area contributed by atoms with Crippen molar-refractivity contribution in [3.8, 4) is 10.9 Å². The van der Waals surface area contributed by atoms with Crippen LogP contribution in [0.4, 0.5) is 13.2 Å². The molecule has 2 heterocycles. The zero-order valence-electron chi connectivity index (χ0n) is 16.1. The number of aromatic nitrogens is 1. The van der Waals surface area contributed by atoms with E-state index in [0.29, 0.717) is 31.1 Å². The third-order valence-electron chi connectivity index (χ3n) is 5.01. The van der Waals surface area contributed by atoms with E-state index in [4.69, 9.17) is 9.47 Å². The number of carbonyl (C=O) groups excluding carboxylic acids is 1. The van der Waals surface area contributed by atoms with E-state index in [2.05, 4.69) is 4.98 Å². The lowest BCUT2D eigenvalue weighted by molar-refractivity contribution is -0.137. The molecule has 0 radical (unpaired) electrons. The summed E-state index contributed by atoms with van der Waals surface area (Å²) in [7, 11) is 1.61. The number of thiazole rings is 1. The van der Waals surface area contributed by atoms with Crippen molar-refractivity contribution in [3.05, 3.63) is 53.6 Å². The van der Waals surface area contributed by atoms with Crippen molar-refractivity contribution < 1.29 is 27.4 Å². The Balaban J connectivity index is 1.37. The molecule has 1 aromatic heterocycles. The highest BCUT2D eigenvalue weighted by Crippen LogP contribution is 2.33. The lowest BCUT2D eigenvalue weighted by Gasteiger charge is -2.31. The number of piperidine rings is 1. The van der Waals surface area contributed by atoms with Gasteiger partial charge in [-0.25, -0.2) is 4.98 Å². The van der Waals surface area contributed by atoms with Crippen LogP contribution in [0.15, 0.2) is 42.5 Å². The number of benzene rings is 2. The second-order valence-corrected chi connectivity index (χ2v) is 7.99. The lowest BCUT2D eigenvalue weighted by atomic mass is 10.0. The van der Waals surface area contributed by atoms with Crippen LogP contribution in [-0.4, -0.2) is 42.1 Å². The Labute approximate surface area is 175 Å². The molecule has 2 aromatic carbocycles. The predicted octanol–water partition coefficient (Wildman–Crippen LogP) is 5.01. The minimum Gasteiger partial charge on any atom is -0.497 e. The number of amides is 1. The highest BCUT2D eigenvalue weighted by Gasteiger charge is 2.32. The van der Waals surface area contributed by atoms with Crippen molar-refractivity contribution in [2.24, 2.45) is 0 Å². The number of ether oxygens (including phenoxy) is 2. The van der Waals surface area contributed by atoms with Crippen molar-refractivity contribution >= 4 is 27.5 Å². The highest BCUT2D eigenvalue weighted by molar-refractivity contribution is 7.20. The fourth-order valence-electron chi connectivity index (χ4n) is 3.39. The standard InChI is InChI=1S/C21H19F3N2O3S/c1-28-16-5-6-17-18(12-16)30-20(25-17)29-15-7-9-26(10-8-15)19(27)13-3-2-4-14(11-13)21(22,23)24/h2-6,11-12,15H,7-10H2,1H3. The Morgan fingerprint density at radius 3 is 2.63 bits per heavy atom. The molecule has 1 aliphatic rings. The third-order valence-corrected chi connectivity index (χ3v) is 5.92. The van der Waals surface area contributed by atoms with Gasteiger partial charge in [-0.05, 0) is 36.4 Å². The van der Waals surface area contributed by atoms with Gasteiger partial charge in [0.05, 0.1) is 22.9 Å². The maximum Gasteiger partial charge on any atom is 0.416 e. The molecule has 5 nitrogen and oxygen atoms in total. The topological polar surface area (TPSA) is 51.7 Å². The minimum atomic E-state index is -4.47. The first-order chi connectivity index (χ1) is 14.3. The van der Waals surface area contributed by atoms with Gasteiger partial charge in [0, 0.05) is 31.5 Å². The summed E-state index contributed by atoms with van der Waals surface area (Å²) in [6, 6.07) is 10.1. The number of hydrogen-bond acceptors (Lipinski definition) is 5. The van der Waals surface area contributed by atoms with Gasteiger partial charge in [0.25, 0.3) is 11.1 Å². The van der Waals surface area contributed by atoms with Crippen LogP contribution < -0.4 is 9.47 Å². The molecule has 0 aliphatic carbocycles. The third kappa shape index (κ3) is 4.35. The Hall–Kier alpha value is -2.81. The molecule has 0 atom stereocenters. The van der Waals surface area contributed by atoms with E-state index in [9.17, 15) is 18.0 Å². The first kappa shape index (κ1) is 20.5. The Kier molecular flexibility index (Phi) is 5.55. The molecule has 0 N–H and O–H groups in total. The Morgan fingerprint density at radius 2 is 1.93 bits per heavy atom. The van der Waals surface area contributed by atoms with E-state index in [1.807, 2.05) is 18.2 Å². The summed E-state index contributed by atoms with van der Waals surface area (Å²) in [5.41, 5.74) is 0.0521. The van der Waals surface area contributed by atoms with Crippen LogP contribution in [0, 0.1) is 0 Å². The summed E-state index contributed by atoms with van der Waals surface area (Å²) in [6.45, 7) is 0.830. The molecule has 1 aliphatic heterocycles. The van der Waals surface area contributed by atoms with Crippen LogP contribution >= 0.6 is 11.3 Å². The number of nitrogens with zero attached hydrogens (tertiary/aromatic N) is 2. The second kappa shape index (κ2) is 8.14. The van der Waals surface area contributed by atoms with Crippen LogP contribution in [0.25, 0.3) is 10.2 Å². The summed E-state index contributed by atoms with van der Waals surface area (Å²) in [5, 5.41) is 0.556. The van der Waals surface area contributed by atoms with E-state index >= 15 is 0 Å². The summed E-state index contributed by atoms with van der Waals surface area (Å²) < 4.78 is 50.9. The molecule has 1 fully saturated rings. The van der Waals surface area contributed by atoms with Gasteiger partial charge >= 0.3 is 6.18 Å². The molecule has 4 rings (SSSR count). The molecule has 30 heavy (non-hydrogen) atoms. The normalized spacial score (nSPS) is 15.4. The molecule has 3 aromatic rings. The van der Waals surface area contributed by atoms with Crippen molar-refractivity contribution in [3.63, 3.8) is 0 Å². The Morgan fingerprint density at radius 1 is 1.17 bits per heavy atom. The fraction of sp³-hybridized carbons (Fsp3) is 0.333. The second-order valence-electron chi connectivity index (χ2n) is 7.00. The zero-order valence-corrected chi connectivity index (χ0v) is 16.9. The summed E-state index contributed by atoms with van der Waals surface area (Å²) >= 11 is 1.43. The van der Waals surface area contributed by atoms with Crippen molar-refractivity contribution in [1.29, 1.82) is 0 Å². The van der Waals surface area contributed by atoms with E-state index in [1.165, 1.54) is 23.5 Å². The van der Waals surface area contributed by atoms with Gasteiger partial charge in [0.1, 0.15) is 11.9 Å². The molecule has 9 heteroatoms. The Bertz CT molecular complexity index is 1060. The van der Waals surface area contributed by atoms with Gasteiger partial charge in [-0.1, -0.05) is 17.4 Å². The van der Waals surface area contributed by atoms with Crippen molar-refractivity contribution in [2.75, 3.05) is 20.2 Å². The largest absolute Gasteiger partial charge is 0.497 e. The number of halogens is 3. The number of methoxy groups -OCH3 is 1. The number of alkyl halides is 3. The van der Waals surface area contributed by atoms with Gasteiger partial charge in [-0.3, -0.25) is 4.79 Å². The van der Waals surface area contributed by atoms with Crippen LogP contribution in [-0.2, 0) is 6.18 Å². The van der Waals surface area contributed by atoms with Gasteiger partial charge < -0.3 is 14.4 Å². The summed E-state index contributed by atoms with van der Waals surface area (Å²) in [4.78, 5) is 18.7. The number of likely N-dealkylation sites (tertiary alicyclic amines) is 1.